The Labute approximate surface area is 59.1 Å². The minimum absolute atomic E-state index is 0. The van der Waals surface area contributed by atoms with Crippen LogP contribution in [0.1, 0.15) is 27.2 Å². The Morgan fingerprint density at radius 1 is 1.33 bits per heavy atom. The minimum atomic E-state index is 0. The molecule has 0 aromatic carbocycles. The van der Waals surface area contributed by atoms with Crippen molar-refractivity contribution in [3.05, 3.63) is 0 Å². The molecule has 0 bridgehead atoms. The van der Waals surface area contributed by atoms with Gasteiger partial charge < -0.3 is 0 Å². The van der Waals surface area contributed by atoms with Crippen molar-refractivity contribution in [2.24, 2.45) is 5.92 Å². The molecule has 0 spiro atoms. The Bertz CT molecular complexity index is 17.9. The van der Waals surface area contributed by atoms with Crippen LogP contribution in [-0.4, -0.2) is 0 Å². The van der Waals surface area contributed by atoms with E-state index in [4.69, 9.17) is 0 Å². The molecule has 0 fully saturated rings. The molecule has 0 saturated heterocycles. The van der Waals surface area contributed by atoms with Gasteiger partial charge in [-0.1, -0.05) is 27.2 Å². The van der Waals surface area contributed by atoms with Gasteiger partial charge in [0.1, 0.15) is 0 Å². The molecule has 0 amide bonds. The van der Waals surface area contributed by atoms with E-state index in [-0.39, 0.29) is 25.8 Å². The summed E-state index contributed by atoms with van der Waals surface area (Å²) < 4.78 is 0. The van der Waals surface area contributed by atoms with Crippen molar-refractivity contribution in [2.45, 2.75) is 27.2 Å². The summed E-state index contributed by atoms with van der Waals surface area (Å²) >= 11 is 0. The molecule has 0 heterocycles. The summed E-state index contributed by atoms with van der Waals surface area (Å²) in [5, 5.41) is 0. The molecule has 0 atom stereocenters. The van der Waals surface area contributed by atoms with Crippen LogP contribution in [0.4, 0.5) is 0 Å². The molecule has 1 heteroatoms. The van der Waals surface area contributed by atoms with Crippen LogP contribution in [0.5, 0.6) is 0 Å². The average Bonchev–Trinajstić information content (AvgIpc) is 1.38. The van der Waals surface area contributed by atoms with Gasteiger partial charge >= 0.3 is 0 Å². The van der Waals surface area contributed by atoms with Gasteiger partial charge in [-0.15, -0.1) is 0 Å². The Morgan fingerprint density at radius 2 is 1.50 bits per heavy atom. The van der Waals surface area contributed by atoms with Gasteiger partial charge in [0.15, 0.2) is 0 Å². The topological polar surface area (TPSA) is 0 Å². The zero-order valence-electron chi connectivity index (χ0n) is 4.78. The van der Waals surface area contributed by atoms with E-state index in [1.165, 1.54) is 6.42 Å². The average molecular weight is 251 g/mol. The van der Waals surface area contributed by atoms with Crippen molar-refractivity contribution in [2.75, 3.05) is 0 Å². The fourth-order valence-corrected chi connectivity index (χ4v) is 0. The third-order valence-electron chi connectivity index (χ3n) is 0.816. The van der Waals surface area contributed by atoms with E-state index >= 15 is 0 Å². The molecule has 0 radical (unpaired) electrons. The van der Waals surface area contributed by atoms with Crippen molar-refractivity contribution in [3.63, 3.8) is 0 Å². The van der Waals surface area contributed by atoms with Gasteiger partial charge in [-0.05, 0) is 5.92 Å². The van der Waals surface area contributed by atoms with Crippen LogP contribution in [0.2, 0.25) is 0 Å². The van der Waals surface area contributed by atoms with Gasteiger partial charge in [-0.25, -0.2) is 0 Å². The van der Waals surface area contributed by atoms with Crippen molar-refractivity contribution in [1.82, 2.24) is 0 Å². The van der Waals surface area contributed by atoms with Crippen LogP contribution in [0.25, 0.3) is 0 Å². The zero-order chi connectivity index (χ0) is 4.28. The summed E-state index contributed by atoms with van der Waals surface area (Å²) in [6.07, 6.45) is 1.31. The van der Waals surface area contributed by atoms with Gasteiger partial charge in [0.2, 0.25) is 0 Å². The number of rotatable bonds is 1. The molecule has 0 rings (SSSR count). The summed E-state index contributed by atoms with van der Waals surface area (Å²) in [5.41, 5.74) is 0. The molecular formula is C5H12Hf. The maximum absolute atomic E-state index is 2.22. The molecule has 0 saturated carbocycles. The fraction of sp³-hybridized carbons (Fsp3) is 1.00. The third-order valence-corrected chi connectivity index (χ3v) is 0.816. The van der Waals surface area contributed by atoms with E-state index in [9.17, 15) is 0 Å². The fourth-order valence-electron chi connectivity index (χ4n) is 0. The largest absolute Gasteiger partial charge is 0.0651 e. The number of hydrogen-bond acceptors (Lipinski definition) is 0. The Hall–Kier alpha value is 0.870. The molecular weight excluding hydrogens is 239 g/mol. The maximum Gasteiger partial charge on any atom is 0 e. The van der Waals surface area contributed by atoms with Gasteiger partial charge in [0.25, 0.3) is 0 Å². The molecule has 0 aliphatic heterocycles. The second kappa shape index (κ2) is 5.87. The van der Waals surface area contributed by atoms with Crippen molar-refractivity contribution < 1.29 is 25.8 Å². The van der Waals surface area contributed by atoms with E-state index in [0.29, 0.717) is 0 Å². The normalized spacial score (nSPS) is 8.00. The van der Waals surface area contributed by atoms with Crippen LogP contribution in [0.15, 0.2) is 0 Å². The van der Waals surface area contributed by atoms with Crippen LogP contribution < -0.4 is 0 Å². The molecule has 6 heavy (non-hydrogen) atoms. The quantitative estimate of drug-likeness (QED) is 0.625. The Morgan fingerprint density at radius 3 is 1.50 bits per heavy atom. The monoisotopic (exact) mass is 252 g/mol. The SMILES string of the molecule is CCC(C)C.[Hf]. The van der Waals surface area contributed by atoms with E-state index < -0.39 is 0 Å². The van der Waals surface area contributed by atoms with Gasteiger partial charge in [0, 0.05) is 25.8 Å². The van der Waals surface area contributed by atoms with E-state index in [0.717, 1.165) is 5.92 Å². The van der Waals surface area contributed by atoms with Crippen molar-refractivity contribution in [3.8, 4) is 0 Å². The zero-order valence-corrected chi connectivity index (χ0v) is 8.38. The summed E-state index contributed by atoms with van der Waals surface area (Å²) in [4.78, 5) is 0. The van der Waals surface area contributed by atoms with Gasteiger partial charge in [0.05, 0.1) is 0 Å². The minimum Gasteiger partial charge on any atom is -0.0651 e. The molecule has 36 valence electrons. The molecule has 0 nitrogen and oxygen atoms in total. The van der Waals surface area contributed by atoms with Crippen molar-refractivity contribution >= 4 is 0 Å². The molecule has 0 aliphatic carbocycles. The first-order valence-electron chi connectivity index (χ1n) is 2.27. The third kappa shape index (κ3) is 8.85. The van der Waals surface area contributed by atoms with Crippen LogP contribution in [0.3, 0.4) is 0 Å². The predicted molar refractivity (Wildman–Crippen MR) is 25.1 cm³/mol. The standard InChI is InChI=1S/C5H12.Hf/c1-4-5(2)3;/h5H,4H2,1-3H3;. The molecule has 0 aliphatic rings. The summed E-state index contributed by atoms with van der Waals surface area (Å²) in [5.74, 6) is 0.884. The van der Waals surface area contributed by atoms with Gasteiger partial charge in [-0.3, -0.25) is 0 Å². The Kier molecular flexibility index (Phi) is 9.77. The van der Waals surface area contributed by atoms with Crippen LogP contribution in [-0.2, 0) is 25.8 Å². The van der Waals surface area contributed by atoms with E-state index in [1.54, 1.807) is 0 Å². The van der Waals surface area contributed by atoms with E-state index in [2.05, 4.69) is 20.8 Å². The second-order valence-electron chi connectivity index (χ2n) is 1.80. The van der Waals surface area contributed by atoms with Crippen molar-refractivity contribution in [1.29, 1.82) is 0 Å². The Balaban J connectivity index is 0. The maximum atomic E-state index is 2.22. The molecule has 0 unspecified atom stereocenters. The van der Waals surface area contributed by atoms with Crippen LogP contribution >= 0.6 is 0 Å². The van der Waals surface area contributed by atoms with Gasteiger partial charge in [-0.2, -0.15) is 0 Å². The predicted octanol–water partition coefficient (Wildman–Crippen LogP) is 2.05. The first-order chi connectivity index (χ1) is 2.27. The summed E-state index contributed by atoms with van der Waals surface area (Å²) in [7, 11) is 0. The summed E-state index contributed by atoms with van der Waals surface area (Å²) in [6, 6.07) is 0. The van der Waals surface area contributed by atoms with Crippen LogP contribution in [0, 0.1) is 5.92 Å². The molecule has 0 aromatic rings. The second-order valence-corrected chi connectivity index (χ2v) is 1.80. The summed E-state index contributed by atoms with van der Waals surface area (Å²) in [6.45, 7) is 6.64. The first kappa shape index (κ1) is 9.98. The molecule has 0 N–H and O–H groups in total. The van der Waals surface area contributed by atoms with E-state index in [1.807, 2.05) is 0 Å². The molecule has 0 aromatic heterocycles. The smallest absolute Gasteiger partial charge is 0 e. The number of hydrogen-bond donors (Lipinski definition) is 0. The first-order valence-corrected chi connectivity index (χ1v) is 2.27.